The lowest BCUT2D eigenvalue weighted by atomic mass is 9.70. The topological polar surface area (TPSA) is 95.5 Å². The average Bonchev–Trinajstić information content (AvgIpc) is 2.65. The van der Waals surface area contributed by atoms with E-state index in [9.17, 15) is 14.4 Å². The number of anilines is 1. The number of hydrogen-bond donors (Lipinski definition) is 3. The molecule has 6 nitrogen and oxygen atoms in total. The summed E-state index contributed by atoms with van der Waals surface area (Å²) in [4.78, 5) is 34.3. The van der Waals surface area contributed by atoms with Crippen LogP contribution in [0.3, 0.4) is 0 Å². The lowest BCUT2D eigenvalue weighted by Gasteiger charge is -2.35. The minimum Gasteiger partial charge on any atom is -0.480 e. The second-order valence-electron chi connectivity index (χ2n) is 7.24. The molecule has 0 spiro atoms. The molecule has 0 unspecified atom stereocenters. The van der Waals surface area contributed by atoms with Gasteiger partial charge in [-0.2, -0.15) is 0 Å². The van der Waals surface area contributed by atoms with E-state index in [0.29, 0.717) is 23.9 Å². The van der Waals surface area contributed by atoms with Crippen molar-refractivity contribution in [3.63, 3.8) is 0 Å². The highest BCUT2D eigenvalue weighted by molar-refractivity contribution is 5.91. The van der Waals surface area contributed by atoms with Gasteiger partial charge >= 0.3 is 5.97 Å². The zero-order valence-corrected chi connectivity index (χ0v) is 15.6. The molecule has 0 bridgehead atoms. The van der Waals surface area contributed by atoms with E-state index in [1.54, 1.807) is 24.3 Å². The Bertz CT molecular complexity index is 827. The number of carbonyl (C=O) groups excluding carboxylic acids is 2. The summed E-state index contributed by atoms with van der Waals surface area (Å²) in [5.74, 6) is -0.443. The fourth-order valence-electron chi connectivity index (χ4n) is 3.50. The van der Waals surface area contributed by atoms with E-state index in [4.69, 9.17) is 5.11 Å². The van der Waals surface area contributed by atoms with Crippen molar-refractivity contribution in [1.29, 1.82) is 0 Å². The van der Waals surface area contributed by atoms with Crippen LogP contribution in [0.15, 0.2) is 54.6 Å². The number of aliphatic carboxylic acids is 1. The van der Waals surface area contributed by atoms with Gasteiger partial charge in [0.05, 0.1) is 6.42 Å². The van der Waals surface area contributed by atoms with Crippen molar-refractivity contribution in [2.45, 2.75) is 31.6 Å². The van der Waals surface area contributed by atoms with Crippen molar-refractivity contribution in [3.05, 3.63) is 65.7 Å². The largest absolute Gasteiger partial charge is 0.480 e. The standard InChI is InChI=1S/C22H24N2O4/c25-20(23-14-22(27)28)12-15-6-8-19(9-7-15)24-21(26)13-16-10-18(11-16)17-4-2-1-3-5-17/h1-9,16,18H,10-14H2,(H,23,25)(H,24,26)(H,27,28). The Labute approximate surface area is 164 Å². The van der Waals surface area contributed by atoms with Crippen LogP contribution in [0.25, 0.3) is 0 Å². The van der Waals surface area contributed by atoms with E-state index < -0.39 is 5.97 Å². The molecule has 1 aliphatic carbocycles. The number of carbonyl (C=O) groups is 3. The van der Waals surface area contributed by atoms with Crippen molar-refractivity contribution in [1.82, 2.24) is 5.32 Å². The Morgan fingerprint density at radius 1 is 0.929 bits per heavy atom. The van der Waals surface area contributed by atoms with Crippen LogP contribution in [0.2, 0.25) is 0 Å². The van der Waals surface area contributed by atoms with Gasteiger partial charge in [-0.3, -0.25) is 14.4 Å². The second-order valence-corrected chi connectivity index (χ2v) is 7.24. The molecule has 0 aromatic heterocycles. The van der Waals surface area contributed by atoms with E-state index in [2.05, 4.69) is 34.9 Å². The van der Waals surface area contributed by atoms with Crippen molar-refractivity contribution in [3.8, 4) is 0 Å². The fourth-order valence-corrected chi connectivity index (χ4v) is 3.50. The molecular formula is C22H24N2O4. The van der Waals surface area contributed by atoms with Gasteiger partial charge in [0.25, 0.3) is 0 Å². The first-order valence-corrected chi connectivity index (χ1v) is 9.42. The first-order chi connectivity index (χ1) is 13.5. The van der Waals surface area contributed by atoms with Crippen LogP contribution >= 0.6 is 0 Å². The van der Waals surface area contributed by atoms with E-state index in [1.165, 1.54) is 5.56 Å². The first kappa shape index (κ1) is 19.6. The third-order valence-electron chi connectivity index (χ3n) is 5.02. The highest BCUT2D eigenvalue weighted by Crippen LogP contribution is 2.43. The lowest BCUT2D eigenvalue weighted by molar-refractivity contribution is -0.137. The van der Waals surface area contributed by atoms with Crippen LogP contribution in [-0.4, -0.2) is 29.4 Å². The SMILES string of the molecule is O=C(O)CNC(=O)Cc1ccc(NC(=O)CC2CC(c3ccccc3)C2)cc1. The summed E-state index contributed by atoms with van der Waals surface area (Å²) in [6.07, 6.45) is 2.71. The molecule has 0 saturated heterocycles. The Kier molecular flexibility index (Phi) is 6.42. The summed E-state index contributed by atoms with van der Waals surface area (Å²) in [5, 5.41) is 13.8. The van der Waals surface area contributed by atoms with Gasteiger partial charge in [0.1, 0.15) is 6.54 Å². The zero-order valence-electron chi connectivity index (χ0n) is 15.6. The molecule has 146 valence electrons. The maximum absolute atomic E-state index is 12.2. The molecule has 0 atom stereocenters. The lowest BCUT2D eigenvalue weighted by Crippen LogP contribution is -2.30. The fraction of sp³-hybridized carbons (Fsp3) is 0.318. The quantitative estimate of drug-likeness (QED) is 0.656. The summed E-state index contributed by atoms with van der Waals surface area (Å²) < 4.78 is 0. The number of hydrogen-bond acceptors (Lipinski definition) is 3. The Morgan fingerprint density at radius 2 is 1.61 bits per heavy atom. The summed E-state index contributed by atoms with van der Waals surface area (Å²) in [5.41, 5.74) is 2.80. The Morgan fingerprint density at radius 3 is 2.25 bits per heavy atom. The highest BCUT2D eigenvalue weighted by Gasteiger charge is 2.31. The molecule has 0 heterocycles. The molecule has 2 aromatic carbocycles. The molecule has 3 rings (SSSR count). The molecular weight excluding hydrogens is 356 g/mol. The van der Waals surface area contributed by atoms with E-state index in [0.717, 1.165) is 18.4 Å². The van der Waals surface area contributed by atoms with Gasteiger partial charge in [0, 0.05) is 12.1 Å². The summed E-state index contributed by atoms with van der Waals surface area (Å²) in [7, 11) is 0. The molecule has 1 saturated carbocycles. The van der Waals surface area contributed by atoms with Gasteiger partial charge < -0.3 is 15.7 Å². The third-order valence-corrected chi connectivity index (χ3v) is 5.02. The summed E-state index contributed by atoms with van der Waals surface area (Å²) in [6.45, 7) is -0.390. The van der Waals surface area contributed by atoms with Gasteiger partial charge in [-0.15, -0.1) is 0 Å². The molecule has 2 amide bonds. The Hall–Kier alpha value is -3.15. The van der Waals surface area contributed by atoms with E-state index in [1.807, 2.05) is 6.07 Å². The number of amides is 2. The number of carboxylic acids is 1. The van der Waals surface area contributed by atoms with Gasteiger partial charge in [0.2, 0.25) is 11.8 Å². The van der Waals surface area contributed by atoms with Crippen LogP contribution in [0.5, 0.6) is 0 Å². The van der Waals surface area contributed by atoms with Crippen LogP contribution < -0.4 is 10.6 Å². The predicted octanol–water partition coefficient (Wildman–Crippen LogP) is 2.95. The molecule has 1 fully saturated rings. The monoisotopic (exact) mass is 380 g/mol. The number of benzene rings is 2. The minimum absolute atomic E-state index is 0.00321. The highest BCUT2D eigenvalue weighted by atomic mass is 16.4. The summed E-state index contributed by atoms with van der Waals surface area (Å²) in [6, 6.07) is 17.4. The molecule has 0 radical (unpaired) electrons. The number of nitrogens with one attached hydrogen (secondary N) is 2. The van der Waals surface area contributed by atoms with Gasteiger partial charge in [-0.25, -0.2) is 0 Å². The second kappa shape index (κ2) is 9.17. The Balaban J connectivity index is 1.40. The van der Waals surface area contributed by atoms with Crippen LogP contribution in [0, 0.1) is 5.92 Å². The molecule has 0 aliphatic heterocycles. The van der Waals surface area contributed by atoms with Crippen molar-refractivity contribution >= 4 is 23.5 Å². The third kappa shape index (κ3) is 5.67. The average molecular weight is 380 g/mol. The minimum atomic E-state index is -1.08. The molecule has 2 aromatic rings. The normalized spacial score (nSPS) is 18.0. The molecule has 1 aliphatic rings. The smallest absolute Gasteiger partial charge is 0.322 e. The van der Waals surface area contributed by atoms with Crippen molar-refractivity contribution in [2.75, 3.05) is 11.9 Å². The molecule has 28 heavy (non-hydrogen) atoms. The van der Waals surface area contributed by atoms with Gasteiger partial charge in [0.15, 0.2) is 0 Å². The maximum atomic E-state index is 12.2. The summed E-state index contributed by atoms with van der Waals surface area (Å²) >= 11 is 0. The number of carboxylic acid groups (broad SMARTS) is 1. The van der Waals surface area contributed by atoms with Crippen molar-refractivity contribution < 1.29 is 19.5 Å². The van der Waals surface area contributed by atoms with Gasteiger partial charge in [-0.1, -0.05) is 42.5 Å². The number of rotatable bonds is 8. The van der Waals surface area contributed by atoms with E-state index >= 15 is 0 Å². The zero-order chi connectivity index (χ0) is 19.9. The maximum Gasteiger partial charge on any atom is 0.322 e. The van der Waals surface area contributed by atoms with Crippen molar-refractivity contribution in [2.24, 2.45) is 5.92 Å². The van der Waals surface area contributed by atoms with Crippen LogP contribution in [0.1, 0.15) is 36.3 Å². The van der Waals surface area contributed by atoms with E-state index in [-0.39, 0.29) is 24.8 Å². The molecule has 6 heteroatoms. The van der Waals surface area contributed by atoms with Gasteiger partial charge in [-0.05, 0) is 47.9 Å². The van der Waals surface area contributed by atoms with Crippen LogP contribution in [0.4, 0.5) is 5.69 Å². The van der Waals surface area contributed by atoms with Crippen LogP contribution in [-0.2, 0) is 20.8 Å². The predicted molar refractivity (Wildman–Crippen MR) is 106 cm³/mol. The first-order valence-electron chi connectivity index (χ1n) is 9.42. The molecule has 3 N–H and O–H groups in total.